The van der Waals surface area contributed by atoms with Crippen molar-refractivity contribution in [2.75, 3.05) is 19.8 Å². The highest BCUT2D eigenvalue weighted by molar-refractivity contribution is 5.95. The Hall–Kier alpha value is -1.82. The largest absolute Gasteiger partial charge is 0.459 e. The number of ether oxygens (including phenoxy) is 1. The Morgan fingerprint density at radius 2 is 2.14 bits per heavy atom. The maximum Gasteiger partial charge on any atom is 0.287 e. The van der Waals surface area contributed by atoms with E-state index in [-0.39, 0.29) is 23.5 Å². The number of hydrogen-bond acceptors (Lipinski definition) is 4. The lowest BCUT2D eigenvalue weighted by molar-refractivity contribution is -0.124. The van der Waals surface area contributed by atoms with Crippen molar-refractivity contribution >= 4 is 11.8 Å². The van der Waals surface area contributed by atoms with Crippen LogP contribution in [0.15, 0.2) is 22.8 Å². The number of hydrogen-bond donors (Lipinski definition) is 2. The molecular formula is C15H24N2O4. The Morgan fingerprint density at radius 1 is 1.38 bits per heavy atom. The quantitative estimate of drug-likeness (QED) is 0.678. The fourth-order valence-electron chi connectivity index (χ4n) is 1.80. The molecule has 1 aromatic heterocycles. The number of nitrogens with one attached hydrogen (secondary N) is 2. The molecule has 0 saturated carbocycles. The molecule has 6 heteroatoms. The van der Waals surface area contributed by atoms with Crippen LogP contribution >= 0.6 is 0 Å². The molecule has 0 fully saturated rings. The van der Waals surface area contributed by atoms with E-state index in [0.717, 1.165) is 6.42 Å². The minimum Gasteiger partial charge on any atom is -0.459 e. The summed E-state index contributed by atoms with van der Waals surface area (Å²) >= 11 is 0. The molecule has 0 unspecified atom stereocenters. The molecule has 0 aliphatic carbocycles. The van der Waals surface area contributed by atoms with Gasteiger partial charge in [-0.3, -0.25) is 9.59 Å². The Morgan fingerprint density at radius 3 is 2.71 bits per heavy atom. The summed E-state index contributed by atoms with van der Waals surface area (Å²) in [7, 11) is 0. The van der Waals surface area contributed by atoms with Crippen molar-refractivity contribution in [1.29, 1.82) is 0 Å². The number of amides is 2. The molecule has 6 nitrogen and oxygen atoms in total. The van der Waals surface area contributed by atoms with E-state index in [4.69, 9.17) is 9.15 Å². The molecule has 21 heavy (non-hydrogen) atoms. The van der Waals surface area contributed by atoms with Gasteiger partial charge in [0.05, 0.1) is 6.26 Å². The molecule has 0 aliphatic heterocycles. The average molecular weight is 296 g/mol. The highest BCUT2D eigenvalue weighted by atomic mass is 16.5. The van der Waals surface area contributed by atoms with Crippen LogP contribution in [-0.2, 0) is 9.53 Å². The van der Waals surface area contributed by atoms with Gasteiger partial charge in [-0.25, -0.2) is 0 Å². The molecule has 0 aliphatic rings. The SMILES string of the molecule is CCOCCCNC(=O)[C@H](NC(=O)c1ccco1)C(C)C. The van der Waals surface area contributed by atoms with Gasteiger partial charge in [0.1, 0.15) is 6.04 Å². The molecule has 0 bridgehead atoms. The Kier molecular flexibility index (Phi) is 7.53. The lowest BCUT2D eigenvalue weighted by Gasteiger charge is -2.21. The lowest BCUT2D eigenvalue weighted by atomic mass is 10.0. The van der Waals surface area contributed by atoms with Gasteiger partial charge in [-0.05, 0) is 31.4 Å². The summed E-state index contributed by atoms with van der Waals surface area (Å²) in [6, 6.07) is 2.61. The first-order valence-electron chi connectivity index (χ1n) is 7.26. The molecule has 2 N–H and O–H groups in total. The van der Waals surface area contributed by atoms with Crippen LogP contribution in [0.4, 0.5) is 0 Å². The molecule has 1 heterocycles. The zero-order valence-corrected chi connectivity index (χ0v) is 12.8. The van der Waals surface area contributed by atoms with E-state index in [1.807, 2.05) is 20.8 Å². The molecule has 1 atom stereocenters. The van der Waals surface area contributed by atoms with Gasteiger partial charge in [-0.15, -0.1) is 0 Å². The van der Waals surface area contributed by atoms with E-state index in [9.17, 15) is 9.59 Å². The summed E-state index contributed by atoms with van der Waals surface area (Å²) in [6.07, 6.45) is 2.17. The standard InChI is InChI=1S/C15H24N2O4/c1-4-20-9-6-8-16-15(19)13(11(2)3)17-14(18)12-7-5-10-21-12/h5,7,10-11,13H,4,6,8-9H2,1-3H3,(H,16,19)(H,17,18)/t13-/m1/s1. The summed E-state index contributed by atoms with van der Waals surface area (Å²) in [5.74, 6) is -0.398. The number of rotatable bonds is 9. The van der Waals surface area contributed by atoms with Crippen LogP contribution in [-0.4, -0.2) is 37.6 Å². The second-order valence-electron chi connectivity index (χ2n) is 5.01. The normalized spacial score (nSPS) is 12.2. The van der Waals surface area contributed by atoms with Crippen molar-refractivity contribution in [2.45, 2.75) is 33.2 Å². The molecular weight excluding hydrogens is 272 g/mol. The van der Waals surface area contributed by atoms with Gasteiger partial charge in [0.25, 0.3) is 5.91 Å². The number of carbonyl (C=O) groups excluding carboxylic acids is 2. The maximum absolute atomic E-state index is 12.1. The molecule has 118 valence electrons. The fraction of sp³-hybridized carbons (Fsp3) is 0.600. The van der Waals surface area contributed by atoms with Gasteiger partial charge in [0.15, 0.2) is 5.76 Å². The van der Waals surface area contributed by atoms with Crippen LogP contribution in [0.1, 0.15) is 37.7 Å². The first-order valence-corrected chi connectivity index (χ1v) is 7.26. The minimum absolute atomic E-state index is 0.0178. The lowest BCUT2D eigenvalue weighted by Crippen LogP contribution is -2.49. The number of carbonyl (C=O) groups is 2. The molecule has 0 radical (unpaired) electrons. The summed E-state index contributed by atoms with van der Waals surface area (Å²) < 4.78 is 10.2. The molecule has 0 saturated heterocycles. The van der Waals surface area contributed by atoms with Crippen molar-refractivity contribution in [2.24, 2.45) is 5.92 Å². The van der Waals surface area contributed by atoms with Crippen LogP contribution < -0.4 is 10.6 Å². The van der Waals surface area contributed by atoms with E-state index in [0.29, 0.717) is 19.8 Å². The van der Waals surface area contributed by atoms with E-state index in [1.54, 1.807) is 12.1 Å². The smallest absolute Gasteiger partial charge is 0.287 e. The van der Waals surface area contributed by atoms with Crippen LogP contribution in [0.25, 0.3) is 0 Å². The third-order valence-corrected chi connectivity index (χ3v) is 2.95. The van der Waals surface area contributed by atoms with Gasteiger partial charge in [0.2, 0.25) is 5.91 Å². The summed E-state index contributed by atoms with van der Waals surface area (Å²) in [6.45, 7) is 7.50. The van der Waals surface area contributed by atoms with Crippen molar-refractivity contribution in [3.8, 4) is 0 Å². The molecule has 1 aromatic rings. The monoisotopic (exact) mass is 296 g/mol. The summed E-state index contributed by atoms with van der Waals surface area (Å²) in [4.78, 5) is 24.1. The molecule has 1 rings (SSSR count). The van der Waals surface area contributed by atoms with E-state index >= 15 is 0 Å². The zero-order chi connectivity index (χ0) is 15.7. The predicted octanol–water partition coefficient (Wildman–Crippen LogP) is 1.58. The molecule has 2 amide bonds. The fourth-order valence-corrected chi connectivity index (χ4v) is 1.80. The van der Waals surface area contributed by atoms with Gasteiger partial charge in [-0.2, -0.15) is 0 Å². The number of furan rings is 1. The van der Waals surface area contributed by atoms with Gasteiger partial charge in [-0.1, -0.05) is 13.8 Å². The van der Waals surface area contributed by atoms with Crippen LogP contribution in [0, 0.1) is 5.92 Å². The Labute approximate surface area is 125 Å². The minimum atomic E-state index is -0.588. The second-order valence-corrected chi connectivity index (χ2v) is 5.01. The third-order valence-electron chi connectivity index (χ3n) is 2.95. The summed E-state index contributed by atoms with van der Waals surface area (Å²) in [5.41, 5.74) is 0. The summed E-state index contributed by atoms with van der Waals surface area (Å²) in [5, 5.41) is 5.50. The van der Waals surface area contributed by atoms with E-state index in [1.165, 1.54) is 6.26 Å². The van der Waals surface area contributed by atoms with Crippen molar-refractivity contribution < 1.29 is 18.7 Å². The first kappa shape index (κ1) is 17.2. The third kappa shape index (κ3) is 5.99. The van der Waals surface area contributed by atoms with Gasteiger partial charge < -0.3 is 19.8 Å². The van der Waals surface area contributed by atoms with Crippen molar-refractivity contribution in [3.63, 3.8) is 0 Å². The maximum atomic E-state index is 12.1. The van der Waals surface area contributed by atoms with Gasteiger partial charge >= 0.3 is 0 Å². The molecule has 0 aromatic carbocycles. The predicted molar refractivity (Wildman–Crippen MR) is 78.9 cm³/mol. The van der Waals surface area contributed by atoms with Crippen LogP contribution in [0.5, 0.6) is 0 Å². The average Bonchev–Trinajstić information content (AvgIpc) is 2.98. The molecule has 0 spiro atoms. The van der Waals surface area contributed by atoms with E-state index < -0.39 is 6.04 Å². The highest BCUT2D eigenvalue weighted by Crippen LogP contribution is 2.05. The second kappa shape index (κ2) is 9.18. The van der Waals surface area contributed by atoms with Crippen molar-refractivity contribution in [1.82, 2.24) is 10.6 Å². The Balaban J connectivity index is 2.45. The Bertz CT molecular complexity index is 429. The topological polar surface area (TPSA) is 80.6 Å². The first-order chi connectivity index (χ1) is 10.1. The highest BCUT2D eigenvalue weighted by Gasteiger charge is 2.25. The van der Waals surface area contributed by atoms with Crippen LogP contribution in [0.2, 0.25) is 0 Å². The van der Waals surface area contributed by atoms with Crippen molar-refractivity contribution in [3.05, 3.63) is 24.2 Å². The van der Waals surface area contributed by atoms with E-state index in [2.05, 4.69) is 10.6 Å². The van der Waals surface area contributed by atoms with Crippen LogP contribution in [0.3, 0.4) is 0 Å². The van der Waals surface area contributed by atoms with Gasteiger partial charge in [0, 0.05) is 19.8 Å². The zero-order valence-electron chi connectivity index (χ0n) is 12.8.